The molecule has 1 fully saturated rings. The molecule has 0 radical (unpaired) electrons. The summed E-state index contributed by atoms with van der Waals surface area (Å²) in [5, 5.41) is 3.07. The molecule has 6 nitrogen and oxygen atoms in total. The summed E-state index contributed by atoms with van der Waals surface area (Å²) >= 11 is 1.61. The van der Waals surface area contributed by atoms with Gasteiger partial charge in [0.05, 0.1) is 30.5 Å². The molecule has 3 heterocycles. The molecule has 136 valence electrons. The molecule has 2 aromatic rings. The number of ether oxygens (including phenoxy) is 1. The quantitative estimate of drug-likeness (QED) is 0.818. The van der Waals surface area contributed by atoms with E-state index in [9.17, 15) is 4.79 Å². The Labute approximate surface area is 152 Å². The largest absolute Gasteiger partial charge is 0.465 e. The second kappa shape index (κ2) is 8.60. The van der Waals surface area contributed by atoms with Gasteiger partial charge in [-0.2, -0.15) is 0 Å². The third kappa shape index (κ3) is 4.90. The highest BCUT2D eigenvalue weighted by atomic mass is 32.1. The summed E-state index contributed by atoms with van der Waals surface area (Å²) in [7, 11) is 0. The zero-order chi connectivity index (χ0) is 17.6. The molecule has 0 aliphatic carbocycles. The van der Waals surface area contributed by atoms with E-state index in [1.54, 1.807) is 11.3 Å². The number of morpholine rings is 1. The molecule has 1 saturated heterocycles. The van der Waals surface area contributed by atoms with Crippen molar-refractivity contribution >= 4 is 17.2 Å². The Morgan fingerprint density at radius 2 is 2.16 bits per heavy atom. The lowest BCUT2D eigenvalue weighted by Gasteiger charge is -2.33. The van der Waals surface area contributed by atoms with Crippen molar-refractivity contribution in [1.29, 1.82) is 0 Å². The average molecular weight is 363 g/mol. The van der Waals surface area contributed by atoms with E-state index in [4.69, 9.17) is 9.15 Å². The fourth-order valence-electron chi connectivity index (χ4n) is 3.02. The van der Waals surface area contributed by atoms with Crippen molar-refractivity contribution < 1.29 is 13.9 Å². The van der Waals surface area contributed by atoms with Crippen molar-refractivity contribution in [1.82, 2.24) is 15.2 Å². The van der Waals surface area contributed by atoms with Crippen LogP contribution in [0.4, 0.5) is 0 Å². The molecular weight excluding hydrogens is 338 g/mol. The van der Waals surface area contributed by atoms with Crippen LogP contribution >= 0.6 is 11.3 Å². The Morgan fingerprint density at radius 1 is 1.36 bits per heavy atom. The molecule has 1 aliphatic heterocycles. The zero-order valence-corrected chi connectivity index (χ0v) is 15.6. The minimum Gasteiger partial charge on any atom is -0.465 e. The Balaban J connectivity index is 1.56. The maximum atomic E-state index is 12.3. The molecule has 1 amide bonds. The number of hydrogen-bond donors (Lipinski definition) is 1. The number of hydrogen-bond acceptors (Lipinski definition) is 6. The van der Waals surface area contributed by atoms with Gasteiger partial charge < -0.3 is 14.5 Å². The van der Waals surface area contributed by atoms with Crippen molar-refractivity contribution in [3.63, 3.8) is 0 Å². The van der Waals surface area contributed by atoms with Crippen molar-refractivity contribution in [3.8, 4) is 0 Å². The highest BCUT2D eigenvalue weighted by molar-refractivity contribution is 7.09. The summed E-state index contributed by atoms with van der Waals surface area (Å²) in [6.07, 6.45) is 1.22. The van der Waals surface area contributed by atoms with Crippen LogP contribution in [-0.4, -0.2) is 48.6 Å². The standard InChI is InChI=1S/C18H25N3O3S/c1-13-3-4-16(24-13)15(21-7-9-23-10-8-21)11-19-18(22)6-5-17-14(2)20-12-25-17/h3-4,12,15H,5-11H2,1-2H3,(H,19,22). The maximum Gasteiger partial charge on any atom is 0.220 e. The van der Waals surface area contributed by atoms with Gasteiger partial charge in [0.25, 0.3) is 0 Å². The van der Waals surface area contributed by atoms with Crippen LogP contribution in [0.2, 0.25) is 0 Å². The van der Waals surface area contributed by atoms with Crippen molar-refractivity contribution in [3.05, 3.63) is 39.7 Å². The molecule has 1 N–H and O–H groups in total. The molecule has 2 aromatic heterocycles. The topological polar surface area (TPSA) is 67.6 Å². The number of thiazole rings is 1. The van der Waals surface area contributed by atoms with Crippen LogP contribution in [0, 0.1) is 13.8 Å². The lowest BCUT2D eigenvalue weighted by molar-refractivity contribution is -0.121. The minimum atomic E-state index is 0.0479. The minimum absolute atomic E-state index is 0.0479. The van der Waals surface area contributed by atoms with Crippen molar-refractivity contribution in [2.75, 3.05) is 32.8 Å². The smallest absolute Gasteiger partial charge is 0.220 e. The Kier molecular flexibility index (Phi) is 6.23. The lowest BCUT2D eigenvalue weighted by Crippen LogP contribution is -2.43. The molecule has 1 aliphatic rings. The zero-order valence-electron chi connectivity index (χ0n) is 14.8. The fourth-order valence-corrected chi connectivity index (χ4v) is 3.80. The van der Waals surface area contributed by atoms with Gasteiger partial charge in [-0.3, -0.25) is 9.69 Å². The monoisotopic (exact) mass is 363 g/mol. The number of aryl methyl sites for hydroxylation is 3. The molecule has 0 saturated carbocycles. The molecule has 1 unspecified atom stereocenters. The van der Waals surface area contributed by atoms with Gasteiger partial charge in [-0.15, -0.1) is 11.3 Å². The van der Waals surface area contributed by atoms with Gasteiger partial charge in [-0.05, 0) is 32.4 Å². The third-order valence-electron chi connectivity index (χ3n) is 4.49. The van der Waals surface area contributed by atoms with Gasteiger partial charge in [0.15, 0.2) is 0 Å². The van der Waals surface area contributed by atoms with Crippen molar-refractivity contribution in [2.45, 2.75) is 32.7 Å². The number of rotatable bonds is 7. The highest BCUT2D eigenvalue weighted by Gasteiger charge is 2.25. The van der Waals surface area contributed by atoms with Crippen LogP contribution in [0.15, 0.2) is 22.1 Å². The summed E-state index contributed by atoms with van der Waals surface area (Å²) in [4.78, 5) is 20.0. The second-order valence-corrected chi connectivity index (χ2v) is 7.22. The maximum absolute atomic E-state index is 12.3. The molecule has 1 atom stereocenters. The third-order valence-corrected chi connectivity index (χ3v) is 5.49. The van der Waals surface area contributed by atoms with E-state index in [1.165, 1.54) is 4.88 Å². The Morgan fingerprint density at radius 3 is 2.80 bits per heavy atom. The fraction of sp³-hybridized carbons (Fsp3) is 0.556. The van der Waals surface area contributed by atoms with Crippen LogP contribution in [0.5, 0.6) is 0 Å². The van der Waals surface area contributed by atoms with Crippen LogP contribution in [0.1, 0.15) is 34.6 Å². The number of amides is 1. The van der Waals surface area contributed by atoms with E-state index in [0.717, 1.165) is 49.9 Å². The van der Waals surface area contributed by atoms with Crippen LogP contribution in [-0.2, 0) is 16.0 Å². The number of nitrogens with zero attached hydrogens (tertiary/aromatic N) is 2. The van der Waals surface area contributed by atoms with Gasteiger partial charge >= 0.3 is 0 Å². The Bertz CT molecular complexity index is 691. The van der Waals surface area contributed by atoms with E-state index in [0.29, 0.717) is 13.0 Å². The summed E-state index contributed by atoms with van der Waals surface area (Å²) in [6.45, 7) is 7.60. The number of carbonyl (C=O) groups excluding carboxylic acids is 1. The predicted molar refractivity (Wildman–Crippen MR) is 96.8 cm³/mol. The first-order valence-electron chi connectivity index (χ1n) is 8.67. The summed E-state index contributed by atoms with van der Waals surface area (Å²) in [6, 6.07) is 4.02. The molecular formula is C18H25N3O3S. The second-order valence-electron chi connectivity index (χ2n) is 6.28. The molecule has 0 aromatic carbocycles. The van der Waals surface area contributed by atoms with Gasteiger partial charge in [0.1, 0.15) is 11.5 Å². The van der Waals surface area contributed by atoms with Gasteiger partial charge in [0.2, 0.25) is 5.91 Å². The average Bonchev–Trinajstić information content (AvgIpc) is 3.22. The van der Waals surface area contributed by atoms with Gasteiger partial charge in [-0.1, -0.05) is 0 Å². The molecule has 7 heteroatoms. The number of carbonyl (C=O) groups is 1. The van der Waals surface area contributed by atoms with Crippen LogP contribution in [0.25, 0.3) is 0 Å². The van der Waals surface area contributed by atoms with E-state index >= 15 is 0 Å². The van der Waals surface area contributed by atoms with E-state index in [1.807, 2.05) is 31.5 Å². The van der Waals surface area contributed by atoms with Crippen molar-refractivity contribution in [2.24, 2.45) is 0 Å². The Hall–Kier alpha value is -1.70. The van der Waals surface area contributed by atoms with Crippen LogP contribution < -0.4 is 5.32 Å². The first-order valence-corrected chi connectivity index (χ1v) is 9.55. The first kappa shape index (κ1) is 18.1. The van der Waals surface area contributed by atoms with Gasteiger partial charge in [0, 0.05) is 30.9 Å². The number of nitrogens with one attached hydrogen (secondary N) is 1. The number of furan rings is 1. The normalized spacial score (nSPS) is 16.7. The van der Waals surface area contributed by atoms with E-state index in [2.05, 4.69) is 15.2 Å². The molecule has 0 spiro atoms. The molecule has 0 bridgehead atoms. The number of aromatic nitrogens is 1. The summed E-state index contributed by atoms with van der Waals surface area (Å²) < 4.78 is 11.3. The molecule has 3 rings (SSSR count). The van der Waals surface area contributed by atoms with E-state index in [-0.39, 0.29) is 11.9 Å². The highest BCUT2D eigenvalue weighted by Crippen LogP contribution is 2.23. The predicted octanol–water partition coefficient (Wildman–Crippen LogP) is 2.48. The van der Waals surface area contributed by atoms with Gasteiger partial charge in [-0.25, -0.2) is 4.98 Å². The summed E-state index contributed by atoms with van der Waals surface area (Å²) in [5.74, 6) is 1.85. The SMILES string of the molecule is Cc1ccc(C(CNC(=O)CCc2scnc2C)N2CCOCC2)o1. The molecule has 25 heavy (non-hydrogen) atoms. The van der Waals surface area contributed by atoms with E-state index < -0.39 is 0 Å². The van der Waals surface area contributed by atoms with Crippen LogP contribution in [0.3, 0.4) is 0 Å². The lowest BCUT2D eigenvalue weighted by atomic mass is 10.1. The first-order chi connectivity index (χ1) is 12.1. The summed E-state index contributed by atoms with van der Waals surface area (Å²) in [5.41, 5.74) is 2.85.